The van der Waals surface area contributed by atoms with Crippen LogP contribution in [0.2, 0.25) is 5.02 Å². The number of hydrogen-bond donors (Lipinski definition) is 1. The van der Waals surface area contributed by atoms with Gasteiger partial charge in [-0.15, -0.1) is 0 Å². The van der Waals surface area contributed by atoms with E-state index in [1.807, 2.05) is 0 Å². The molecule has 0 unspecified atom stereocenters. The van der Waals surface area contributed by atoms with Crippen LogP contribution in [0, 0.1) is 0 Å². The molecule has 1 aromatic carbocycles. The number of benzene rings is 1. The Morgan fingerprint density at radius 3 is 2.90 bits per heavy atom. The van der Waals surface area contributed by atoms with E-state index in [9.17, 15) is 4.79 Å². The van der Waals surface area contributed by atoms with Crippen molar-refractivity contribution in [2.75, 3.05) is 12.8 Å². The molecule has 1 heterocycles. The van der Waals surface area contributed by atoms with Crippen molar-refractivity contribution in [3.05, 3.63) is 52.8 Å². The summed E-state index contributed by atoms with van der Waals surface area (Å²) in [7, 11) is 1.30. The summed E-state index contributed by atoms with van der Waals surface area (Å²) < 4.78 is 10.3. The number of carbonyl (C=O) groups is 1. The van der Waals surface area contributed by atoms with Crippen LogP contribution in [0.15, 0.2) is 36.7 Å². The van der Waals surface area contributed by atoms with Gasteiger partial charge < -0.3 is 15.2 Å². The van der Waals surface area contributed by atoms with Crippen molar-refractivity contribution >= 4 is 23.3 Å². The summed E-state index contributed by atoms with van der Waals surface area (Å²) in [5, 5.41) is 0.502. The molecule has 0 aliphatic heterocycles. The Bertz CT molecular complexity index is 632. The summed E-state index contributed by atoms with van der Waals surface area (Å²) >= 11 is 5.99. The fraction of sp³-hybridized carbons (Fsp3) is 0.143. The minimum absolute atomic E-state index is 0.218. The maximum Gasteiger partial charge on any atom is 0.341 e. The molecule has 0 radical (unpaired) electrons. The summed E-state index contributed by atoms with van der Waals surface area (Å²) in [6.45, 7) is 0.218. The van der Waals surface area contributed by atoms with E-state index in [1.54, 1.807) is 24.4 Å². The normalized spacial score (nSPS) is 10.1. The van der Waals surface area contributed by atoms with Gasteiger partial charge in [0, 0.05) is 23.6 Å². The summed E-state index contributed by atoms with van der Waals surface area (Å²) in [4.78, 5) is 15.6. The molecule has 0 atom stereocenters. The number of rotatable bonds is 4. The highest BCUT2D eigenvalue weighted by atomic mass is 35.5. The first-order valence-electron chi connectivity index (χ1n) is 5.81. The fourth-order valence-corrected chi connectivity index (χ4v) is 1.79. The lowest BCUT2D eigenvalue weighted by Gasteiger charge is -2.11. The number of nitrogen functional groups attached to an aromatic ring is 1. The quantitative estimate of drug-likeness (QED) is 0.693. The number of nitrogens with zero attached hydrogens (tertiary/aromatic N) is 1. The maximum atomic E-state index is 11.7. The van der Waals surface area contributed by atoms with Crippen molar-refractivity contribution in [1.29, 1.82) is 0 Å². The molecule has 0 amide bonds. The first-order chi connectivity index (χ1) is 9.61. The average Bonchev–Trinajstić information content (AvgIpc) is 2.46. The minimum Gasteiger partial charge on any atom is -0.488 e. The molecule has 0 fully saturated rings. The Morgan fingerprint density at radius 2 is 2.20 bits per heavy atom. The van der Waals surface area contributed by atoms with E-state index in [0.29, 0.717) is 16.5 Å². The Balaban J connectivity index is 2.21. The van der Waals surface area contributed by atoms with Crippen molar-refractivity contribution in [2.24, 2.45) is 0 Å². The fourth-order valence-electron chi connectivity index (χ4n) is 1.62. The molecule has 6 heteroatoms. The van der Waals surface area contributed by atoms with Crippen LogP contribution >= 0.6 is 11.6 Å². The first kappa shape index (κ1) is 14.1. The summed E-state index contributed by atoms with van der Waals surface area (Å²) in [6.07, 6.45) is 3.15. The van der Waals surface area contributed by atoms with Crippen LogP contribution in [0.5, 0.6) is 5.75 Å². The minimum atomic E-state index is -0.506. The van der Waals surface area contributed by atoms with Crippen molar-refractivity contribution in [3.8, 4) is 5.75 Å². The highest BCUT2D eigenvalue weighted by Crippen LogP contribution is 2.24. The number of nitrogens with two attached hydrogens (primary N) is 1. The lowest BCUT2D eigenvalue weighted by molar-refractivity contribution is 0.0595. The van der Waals surface area contributed by atoms with Gasteiger partial charge in [-0.05, 0) is 24.3 Å². The van der Waals surface area contributed by atoms with Crippen LogP contribution in [-0.2, 0) is 11.3 Å². The van der Waals surface area contributed by atoms with Crippen LogP contribution in [0.25, 0.3) is 0 Å². The number of halogens is 1. The van der Waals surface area contributed by atoms with Crippen LogP contribution < -0.4 is 10.5 Å². The lowest BCUT2D eigenvalue weighted by atomic mass is 10.2. The monoisotopic (exact) mass is 292 g/mol. The Kier molecular flexibility index (Phi) is 4.42. The molecule has 0 aliphatic carbocycles. The predicted octanol–water partition coefficient (Wildman–Crippen LogP) is 2.68. The van der Waals surface area contributed by atoms with Gasteiger partial charge in [-0.3, -0.25) is 4.98 Å². The molecule has 2 rings (SSSR count). The van der Waals surface area contributed by atoms with E-state index in [4.69, 9.17) is 26.8 Å². The second-order valence-corrected chi connectivity index (χ2v) is 4.41. The predicted molar refractivity (Wildman–Crippen MR) is 75.8 cm³/mol. The standard InChI is InChI=1S/C14H13ClN2O3/c1-19-14(18)11-6-10(16)2-3-13(11)20-8-9-4-5-17-7-12(9)15/h2-7H,8,16H2,1H3. The highest BCUT2D eigenvalue weighted by Gasteiger charge is 2.14. The van der Waals surface area contributed by atoms with Crippen LogP contribution in [0.3, 0.4) is 0 Å². The van der Waals surface area contributed by atoms with Gasteiger partial charge >= 0.3 is 5.97 Å². The first-order valence-corrected chi connectivity index (χ1v) is 6.18. The number of carbonyl (C=O) groups excluding carboxylic acids is 1. The molecule has 0 saturated heterocycles. The highest BCUT2D eigenvalue weighted by molar-refractivity contribution is 6.31. The molecule has 0 bridgehead atoms. The Labute approximate surface area is 121 Å². The van der Waals surface area contributed by atoms with Gasteiger partial charge in [0.1, 0.15) is 17.9 Å². The smallest absolute Gasteiger partial charge is 0.341 e. The number of hydrogen-bond acceptors (Lipinski definition) is 5. The summed E-state index contributed by atoms with van der Waals surface area (Å²) in [5.74, 6) is -0.118. The van der Waals surface area contributed by atoms with Gasteiger partial charge in [-0.2, -0.15) is 0 Å². The van der Waals surface area contributed by atoms with E-state index in [2.05, 4.69) is 4.98 Å². The second kappa shape index (κ2) is 6.25. The van der Waals surface area contributed by atoms with Crippen molar-refractivity contribution < 1.29 is 14.3 Å². The van der Waals surface area contributed by atoms with Crippen LogP contribution in [-0.4, -0.2) is 18.1 Å². The molecule has 20 heavy (non-hydrogen) atoms. The van der Waals surface area contributed by atoms with Crippen molar-refractivity contribution in [3.63, 3.8) is 0 Å². The van der Waals surface area contributed by atoms with Gasteiger partial charge in [0.15, 0.2) is 0 Å². The van der Waals surface area contributed by atoms with E-state index >= 15 is 0 Å². The molecule has 2 N–H and O–H groups in total. The van der Waals surface area contributed by atoms with E-state index in [-0.39, 0.29) is 12.2 Å². The van der Waals surface area contributed by atoms with Gasteiger partial charge in [0.25, 0.3) is 0 Å². The van der Waals surface area contributed by atoms with Gasteiger partial charge in [0.05, 0.1) is 12.1 Å². The summed E-state index contributed by atoms with van der Waals surface area (Å²) in [6, 6.07) is 6.53. The molecule has 5 nitrogen and oxygen atoms in total. The zero-order chi connectivity index (χ0) is 14.5. The van der Waals surface area contributed by atoms with Crippen molar-refractivity contribution in [2.45, 2.75) is 6.61 Å². The number of esters is 1. The third kappa shape index (κ3) is 3.19. The average molecular weight is 293 g/mol. The number of anilines is 1. The van der Waals surface area contributed by atoms with Gasteiger partial charge in [-0.1, -0.05) is 11.6 Å². The van der Waals surface area contributed by atoms with Gasteiger partial charge in [-0.25, -0.2) is 4.79 Å². The van der Waals surface area contributed by atoms with Crippen LogP contribution in [0.1, 0.15) is 15.9 Å². The van der Waals surface area contributed by atoms with E-state index < -0.39 is 5.97 Å². The molecule has 2 aromatic rings. The van der Waals surface area contributed by atoms with Gasteiger partial charge in [0.2, 0.25) is 0 Å². The molecule has 104 valence electrons. The lowest BCUT2D eigenvalue weighted by Crippen LogP contribution is -2.07. The molecule has 0 saturated carbocycles. The third-order valence-electron chi connectivity index (χ3n) is 2.65. The van der Waals surface area contributed by atoms with E-state index in [0.717, 1.165) is 5.56 Å². The SMILES string of the molecule is COC(=O)c1cc(N)ccc1OCc1ccncc1Cl. The molecular weight excluding hydrogens is 280 g/mol. The van der Waals surface area contributed by atoms with Crippen molar-refractivity contribution in [1.82, 2.24) is 4.98 Å². The van der Waals surface area contributed by atoms with E-state index in [1.165, 1.54) is 19.4 Å². The maximum absolute atomic E-state index is 11.7. The number of pyridine rings is 1. The number of aromatic nitrogens is 1. The molecular formula is C14H13ClN2O3. The second-order valence-electron chi connectivity index (χ2n) is 4.00. The number of ether oxygens (including phenoxy) is 2. The zero-order valence-corrected chi connectivity index (χ0v) is 11.6. The number of methoxy groups -OCH3 is 1. The Morgan fingerprint density at radius 1 is 1.40 bits per heavy atom. The summed E-state index contributed by atoms with van der Waals surface area (Å²) in [5.41, 5.74) is 7.16. The topological polar surface area (TPSA) is 74.4 Å². The zero-order valence-electron chi connectivity index (χ0n) is 10.8. The largest absolute Gasteiger partial charge is 0.488 e. The molecule has 1 aromatic heterocycles. The van der Waals surface area contributed by atoms with Crippen LogP contribution in [0.4, 0.5) is 5.69 Å². The molecule has 0 aliphatic rings. The third-order valence-corrected chi connectivity index (χ3v) is 2.99. The Hall–Kier alpha value is -2.27. The molecule has 0 spiro atoms.